The number of halogens is 1. The minimum atomic E-state index is -0.792. The number of hydrogen-bond acceptors (Lipinski definition) is 3. The number of rotatable bonds is 4. The Hall–Kier alpha value is -1.32. The first-order chi connectivity index (χ1) is 10.5. The van der Waals surface area contributed by atoms with Gasteiger partial charge in [-0.1, -0.05) is 6.08 Å². The summed E-state index contributed by atoms with van der Waals surface area (Å²) in [5.41, 5.74) is -0.792. The molecule has 2 fully saturated rings. The first kappa shape index (κ1) is 19.7. The predicted molar refractivity (Wildman–Crippen MR) is 101 cm³/mol. The maximum absolute atomic E-state index is 12.0. The van der Waals surface area contributed by atoms with Gasteiger partial charge in [-0.2, -0.15) is 0 Å². The lowest BCUT2D eigenvalue weighted by molar-refractivity contribution is -0.125. The molecule has 2 saturated heterocycles. The summed E-state index contributed by atoms with van der Waals surface area (Å²) in [7, 11) is 0. The van der Waals surface area contributed by atoms with Crippen LogP contribution in [0.15, 0.2) is 17.6 Å². The zero-order valence-corrected chi connectivity index (χ0v) is 16.1. The van der Waals surface area contributed by atoms with Gasteiger partial charge in [0.05, 0.1) is 6.54 Å². The molecule has 0 bridgehead atoms. The number of amides is 3. The first-order valence-electron chi connectivity index (χ1n) is 7.79. The van der Waals surface area contributed by atoms with Crippen molar-refractivity contribution in [3.8, 4) is 0 Å². The average molecular weight is 435 g/mol. The second-order valence-electron chi connectivity index (χ2n) is 5.86. The van der Waals surface area contributed by atoms with Crippen molar-refractivity contribution in [2.45, 2.75) is 32.2 Å². The van der Waals surface area contributed by atoms with E-state index in [0.29, 0.717) is 6.54 Å². The monoisotopic (exact) mass is 435 g/mol. The third kappa shape index (κ3) is 4.36. The Morgan fingerprint density at radius 2 is 2.13 bits per heavy atom. The molecule has 2 aliphatic heterocycles. The van der Waals surface area contributed by atoms with E-state index in [1.165, 1.54) is 0 Å². The third-order valence-corrected chi connectivity index (χ3v) is 4.39. The number of aliphatic imine (C=N–C) groups is 1. The van der Waals surface area contributed by atoms with E-state index < -0.39 is 11.6 Å². The number of nitrogens with zero attached hydrogens (tertiary/aromatic N) is 2. The lowest BCUT2D eigenvalue weighted by atomic mass is 9.79. The van der Waals surface area contributed by atoms with Crippen LogP contribution in [-0.2, 0) is 4.79 Å². The number of carbonyl (C=O) groups excluding carboxylic acids is 2. The van der Waals surface area contributed by atoms with Crippen LogP contribution in [0.1, 0.15) is 26.7 Å². The second kappa shape index (κ2) is 8.51. The summed E-state index contributed by atoms with van der Waals surface area (Å²) in [5.74, 6) is 0.798. The van der Waals surface area contributed by atoms with E-state index in [1.54, 1.807) is 6.08 Å². The van der Waals surface area contributed by atoms with E-state index in [4.69, 9.17) is 0 Å². The van der Waals surface area contributed by atoms with Crippen LogP contribution < -0.4 is 16.0 Å². The van der Waals surface area contributed by atoms with E-state index >= 15 is 0 Å². The number of carbonyl (C=O) groups is 2. The van der Waals surface area contributed by atoms with E-state index in [1.807, 2.05) is 13.8 Å². The lowest BCUT2D eigenvalue weighted by Gasteiger charge is -2.39. The first-order valence-corrected chi connectivity index (χ1v) is 7.79. The summed E-state index contributed by atoms with van der Waals surface area (Å²) < 4.78 is 0. The molecule has 2 aliphatic rings. The Kier molecular flexibility index (Phi) is 7.30. The van der Waals surface area contributed by atoms with Gasteiger partial charge < -0.3 is 15.5 Å². The van der Waals surface area contributed by atoms with Gasteiger partial charge in [0.15, 0.2) is 5.96 Å². The Balaban J connectivity index is 0.00000264. The highest BCUT2D eigenvalue weighted by atomic mass is 127. The van der Waals surface area contributed by atoms with Gasteiger partial charge in [0, 0.05) is 19.6 Å². The maximum atomic E-state index is 12.0. The highest BCUT2D eigenvalue weighted by molar-refractivity contribution is 14.0. The van der Waals surface area contributed by atoms with Crippen molar-refractivity contribution in [3.63, 3.8) is 0 Å². The molecule has 0 aromatic rings. The van der Waals surface area contributed by atoms with Crippen LogP contribution in [0, 0.1) is 5.92 Å². The summed E-state index contributed by atoms with van der Waals surface area (Å²) >= 11 is 0. The molecule has 0 spiro atoms. The van der Waals surface area contributed by atoms with Crippen LogP contribution in [0.2, 0.25) is 0 Å². The normalized spacial score (nSPS) is 25.5. The van der Waals surface area contributed by atoms with E-state index in [9.17, 15) is 9.59 Å². The summed E-state index contributed by atoms with van der Waals surface area (Å²) in [6, 6.07) is -0.393. The van der Waals surface area contributed by atoms with E-state index in [0.717, 1.165) is 38.4 Å². The summed E-state index contributed by atoms with van der Waals surface area (Å²) in [6.45, 7) is 10.6. The highest BCUT2D eigenvalue weighted by Gasteiger charge is 2.48. The van der Waals surface area contributed by atoms with Gasteiger partial charge in [-0.05, 0) is 32.6 Å². The highest BCUT2D eigenvalue weighted by Crippen LogP contribution is 2.30. The SMILES string of the molecule is C=CCN=C(NCC)N1CCC(C2(C)NC(=O)NC2=O)CC1.I. The fraction of sp³-hybridized carbons (Fsp3) is 0.667. The third-order valence-electron chi connectivity index (χ3n) is 4.39. The van der Waals surface area contributed by atoms with E-state index in [2.05, 4.69) is 32.4 Å². The minimum absolute atomic E-state index is 0. The molecule has 23 heavy (non-hydrogen) atoms. The molecular formula is C15H26IN5O2. The molecule has 0 saturated carbocycles. The number of guanidine groups is 1. The van der Waals surface area contributed by atoms with Crippen molar-refractivity contribution in [1.29, 1.82) is 0 Å². The zero-order chi connectivity index (χ0) is 16.2. The lowest BCUT2D eigenvalue weighted by Crippen LogP contribution is -2.55. The van der Waals surface area contributed by atoms with Gasteiger partial charge in [0.25, 0.3) is 5.91 Å². The smallest absolute Gasteiger partial charge is 0.322 e. The molecular weight excluding hydrogens is 409 g/mol. The van der Waals surface area contributed by atoms with Crippen molar-refractivity contribution in [2.75, 3.05) is 26.2 Å². The molecule has 3 N–H and O–H groups in total. The second-order valence-corrected chi connectivity index (χ2v) is 5.86. The molecule has 0 aliphatic carbocycles. The molecule has 130 valence electrons. The maximum Gasteiger partial charge on any atom is 0.322 e. The van der Waals surface area contributed by atoms with Gasteiger partial charge in [0.1, 0.15) is 5.54 Å². The van der Waals surface area contributed by atoms with Crippen molar-refractivity contribution in [3.05, 3.63) is 12.7 Å². The molecule has 0 radical (unpaired) electrons. The van der Waals surface area contributed by atoms with E-state index in [-0.39, 0.29) is 35.8 Å². The van der Waals surface area contributed by atoms with Crippen LogP contribution in [0.3, 0.4) is 0 Å². The number of urea groups is 1. The molecule has 2 heterocycles. The Labute approximate surface area is 154 Å². The molecule has 7 nitrogen and oxygen atoms in total. The van der Waals surface area contributed by atoms with Crippen LogP contribution >= 0.6 is 24.0 Å². The number of likely N-dealkylation sites (tertiary alicyclic amines) is 1. The van der Waals surface area contributed by atoms with Crippen molar-refractivity contribution >= 4 is 41.9 Å². The topological polar surface area (TPSA) is 85.8 Å². The minimum Gasteiger partial charge on any atom is -0.357 e. The Morgan fingerprint density at radius 1 is 1.48 bits per heavy atom. The van der Waals surface area contributed by atoms with Gasteiger partial charge >= 0.3 is 6.03 Å². The van der Waals surface area contributed by atoms with Crippen LogP contribution in [0.5, 0.6) is 0 Å². The summed E-state index contributed by atoms with van der Waals surface area (Å²) in [6.07, 6.45) is 3.44. The van der Waals surface area contributed by atoms with Crippen LogP contribution in [-0.4, -0.2) is 54.5 Å². The fourth-order valence-corrected chi connectivity index (χ4v) is 3.09. The number of imide groups is 1. The molecule has 3 amide bonds. The summed E-state index contributed by atoms with van der Waals surface area (Å²) in [5, 5.41) is 8.39. The summed E-state index contributed by atoms with van der Waals surface area (Å²) in [4.78, 5) is 30.1. The largest absolute Gasteiger partial charge is 0.357 e. The predicted octanol–water partition coefficient (Wildman–Crippen LogP) is 1.07. The van der Waals surface area contributed by atoms with Crippen molar-refractivity contribution < 1.29 is 9.59 Å². The molecule has 0 aromatic carbocycles. The number of hydrogen-bond donors (Lipinski definition) is 3. The number of piperidine rings is 1. The van der Waals surface area contributed by atoms with Crippen LogP contribution in [0.4, 0.5) is 4.79 Å². The average Bonchev–Trinajstić information content (AvgIpc) is 2.77. The Morgan fingerprint density at radius 3 is 2.61 bits per heavy atom. The van der Waals surface area contributed by atoms with Crippen LogP contribution in [0.25, 0.3) is 0 Å². The van der Waals surface area contributed by atoms with Gasteiger partial charge in [-0.25, -0.2) is 9.79 Å². The standard InChI is InChI=1S/C15H25N5O2.HI/c1-4-8-17-13(16-5-2)20-9-6-11(7-10-20)15(3)12(21)18-14(22)19-15;/h4,11H,1,5-10H2,2-3H3,(H,16,17)(H2,18,19,21,22);1H. The quantitative estimate of drug-likeness (QED) is 0.203. The molecule has 1 unspecified atom stereocenters. The molecule has 1 atom stereocenters. The molecule has 8 heteroatoms. The zero-order valence-electron chi connectivity index (χ0n) is 13.7. The fourth-order valence-electron chi connectivity index (χ4n) is 3.09. The molecule has 0 aromatic heterocycles. The van der Waals surface area contributed by atoms with Gasteiger partial charge in [0.2, 0.25) is 0 Å². The van der Waals surface area contributed by atoms with Crippen molar-refractivity contribution in [1.82, 2.24) is 20.9 Å². The van der Waals surface area contributed by atoms with Gasteiger partial charge in [-0.15, -0.1) is 30.6 Å². The van der Waals surface area contributed by atoms with Gasteiger partial charge in [-0.3, -0.25) is 10.1 Å². The Bertz CT molecular complexity index is 488. The van der Waals surface area contributed by atoms with Crippen molar-refractivity contribution in [2.24, 2.45) is 10.9 Å². The molecule has 2 rings (SSSR count). The number of nitrogens with one attached hydrogen (secondary N) is 3.